The van der Waals surface area contributed by atoms with Gasteiger partial charge in [0.1, 0.15) is 11.2 Å². The van der Waals surface area contributed by atoms with Gasteiger partial charge in [-0.2, -0.15) is 0 Å². The first-order chi connectivity index (χ1) is 9.69. The molecule has 3 nitrogen and oxygen atoms in total. The molecule has 0 aliphatic rings. The number of esters is 1. The van der Waals surface area contributed by atoms with Crippen molar-refractivity contribution in [3.05, 3.63) is 47.0 Å². The smallest absolute Gasteiger partial charge is 0.310 e. The van der Waals surface area contributed by atoms with Crippen LogP contribution < -0.4 is 0 Å². The van der Waals surface area contributed by atoms with E-state index in [1.807, 2.05) is 36.4 Å². The molecule has 0 N–H and O–H groups in total. The van der Waals surface area contributed by atoms with E-state index in [1.165, 1.54) is 0 Å². The molecule has 2 aromatic carbocycles. The quantitative estimate of drug-likeness (QED) is 0.673. The summed E-state index contributed by atoms with van der Waals surface area (Å²) in [5.74, 6) is -0.235. The lowest BCUT2D eigenvalue weighted by molar-refractivity contribution is -0.142. The summed E-state index contributed by atoms with van der Waals surface area (Å²) in [6.07, 6.45) is 0.245. The van der Waals surface area contributed by atoms with Crippen molar-refractivity contribution < 1.29 is 13.9 Å². The molecular formula is C16H13ClO3. The Kier molecular flexibility index (Phi) is 3.36. The summed E-state index contributed by atoms with van der Waals surface area (Å²) in [6, 6.07) is 11.3. The number of benzene rings is 2. The third kappa shape index (κ3) is 2.25. The highest BCUT2D eigenvalue weighted by molar-refractivity contribution is 6.37. The SMILES string of the molecule is CCOC(=O)Cc1ccc2c(c1)oc1cccc(Cl)c12. The lowest BCUT2D eigenvalue weighted by Crippen LogP contribution is -2.07. The van der Waals surface area contributed by atoms with Crippen LogP contribution in [0.3, 0.4) is 0 Å². The molecule has 4 heteroatoms. The third-order valence-electron chi connectivity index (χ3n) is 3.16. The number of hydrogen-bond donors (Lipinski definition) is 0. The van der Waals surface area contributed by atoms with E-state index >= 15 is 0 Å². The lowest BCUT2D eigenvalue weighted by Gasteiger charge is -2.01. The summed E-state index contributed by atoms with van der Waals surface area (Å²) in [5.41, 5.74) is 2.35. The highest BCUT2D eigenvalue weighted by atomic mass is 35.5. The van der Waals surface area contributed by atoms with Crippen molar-refractivity contribution in [3.8, 4) is 0 Å². The lowest BCUT2D eigenvalue weighted by atomic mass is 10.1. The Morgan fingerprint density at radius 1 is 1.25 bits per heavy atom. The van der Waals surface area contributed by atoms with Gasteiger partial charge in [-0.15, -0.1) is 0 Å². The van der Waals surface area contributed by atoms with E-state index in [0.29, 0.717) is 11.6 Å². The molecule has 0 amide bonds. The van der Waals surface area contributed by atoms with Crippen LogP contribution in [0.15, 0.2) is 40.8 Å². The zero-order valence-electron chi connectivity index (χ0n) is 11.0. The van der Waals surface area contributed by atoms with Crippen LogP contribution in [0, 0.1) is 0 Å². The van der Waals surface area contributed by atoms with Crippen molar-refractivity contribution in [2.24, 2.45) is 0 Å². The highest BCUT2D eigenvalue weighted by Crippen LogP contribution is 2.34. The van der Waals surface area contributed by atoms with Gasteiger partial charge >= 0.3 is 5.97 Å². The van der Waals surface area contributed by atoms with Crippen molar-refractivity contribution in [2.75, 3.05) is 6.61 Å². The number of carbonyl (C=O) groups is 1. The van der Waals surface area contributed by atoms with Gasteiger partial charge in [-0.25, -0.2) is 0 Å². The van der Waals surface area contributed by atoms with Crippen LogP contribution in [0.1, 0.15) is 12.5 Å². The van der Waals surface area contributed by atoms with Gasteiger partial charge in [-0.05, 0) is 30.7 Å². The number of ether oxygens (including phenoxy) is 1. The number of rotatable bonds is 3. The maximum absolute atomic E-state index is 11.5. The summed E-state index contributed by atoms with van der Waals surface area (Å²) in [6.45, 7) is 2.18. The minimum atomic E-state index is -0.235. The molecule has 0 radical (unpaired) electrons. The first-order valence-electron chi connectivity index (χ1n) is 6.44. The fourth-order valence-electron chi connectivity index (χ4n) is 2.32. The Morgan fingerprint density at radius 2 is 2.10 bits per heavy atom. The number of carbonyl (C=O) groups excluding carboxylic acids is 1. The van der Waals surface area contributed by atoms with Crippen LogP contribution in [0.4, 0.5) is 0 Å². The number of fused-ring (bicyclic) bond motifs is 3. The molecule has 0 saturated carbocycles. The highest BCUT2D eigenvalue weighted by Gasteiger charge is 2.11. The van der Waals surface area contributed by atoms with Gasteiger partial charge < -0.3 is 9.15 Å². The topological polar surface area (TPSA) is 39.4 Å². The van der Waals surface area contributed by atoms with E-state index in [9.17, 15) is 4.79 Å². The van der Waals surface area contributed by atoms with Crippen molar-refractivity contribution in [2.45, 2.75) is 13.3 Å². The molecule has 1 aromatic heterocycles. The number of halogens is 1. The summed E-state index contributed by atoms with van der Waals surface area (Å²) in [4.78, 5) is 11.5. The zero-order valence-corrected chi connectivity index (χ0v) is 11.7. The summed E-state index contributed by atoms with van der Waals surface area (Å²) >= 11 is 6.21. The molecular weight excluding hydrogens is 276 g/mol. The second-order valence-electron chi connectivity index (χ2n) is 4.53. The van der Waals surface area contributed by atoms with Gasteiger partial charge in [-0.1, -0.05) is 29.8 Å². The molecule has 0 aliphatic carbocycles. The molecule has 0 fully saturated rings. The Labute approximate surface area is 121 Å². The van der Waals surface area contributed by atoms with E-state index in [0.717, 1.165) is 27.5 Å². The second-order valence-corrected chi connectivity index (χ2v) is 4.93. The standard InChI is InChI=1S/C16H13ClO3/c1-2-19-15(18)9-10-6-7-11-14(8-10)20-13-5-3-4-12(17)16(11)13/h3-8H,2,9H2,1H3. The predicted molar refractivity (Wildman–Crippen MR) is 79.1 cm³/mol. The molecule has 0 bridgehead atoms. The van der Waals surface area contributed by atoms with E-state index in [4.69, 9.17) is 20.8 Å². The van der Waals surface area contributed by atoms with Crippen molar-refractivity contribution >= 4 is 39.5 Å². The van der Waals surface area contributed by atoms with Gasteiger partial charge in [0, 0.05) is 10.8 Å². The van der Waals surface area contributed by atoms with Gasteiger partial charge in [0.05, 0.1) is 18.1 Å². The second kappa shape index (κ2) is 5.17. The molecule has 0 unspecified atom stereocenters. The molecule has 1 heterocycles. The largest absolute Gasteiger partial charge is 0.466 e. The van der Waals surface area contributed by atoms with Crippen molar-refractivity contribution in [1.29, 1.82) is 0 Å². The molecule has 3 rings (SSSR count). The predicted octanol–water partition coefficient (Wildman–Crippen LogP) is 4.35. The van der Waals surface area contributed by atoms with Gasteiger partial charge in [0.2, 0.25) is 0 Å². The van der Waals surface area contributed by atoms with Crippen LogP contribution >= 0.6 is 11.6 Å². The molecule has 102 valence electrons. The normalized spacial score (nSPS) is 11.1. The van der Waals surface area contributed by atoms with E-state index < -0.39 is 0 Å². The third-order valence-corrected chi connectivity index (χ3v) is 3.48. The van der Waals surface area contributed by atoms with Crippen molar-refractivity contribution in [1.82, 2.24) is 0 Å². The first kappa shape index (κ1) is 13.0. The fraction of sp³-hybridized carbons (Fsp3) is 0.188. The first-order valence-corrected chi connectivity index (χ1v) is 6.82. The maximum Gasteiger partial charge on any atom is 0.310 e. The molecule has 0 atom stereocenters. The molecule has 20 heavy (non-hydrogen) atoms. The summed E-state index contributed by atoms with van der Waals surface area (Å²) < 4.78 is 10.7. The van der Waals surface area contributed by atoms with E-state index in [-0.39, 0.29) is 12.4 Å². The van der Waals surface area contributed by atoms with Crippen LogP contribution in [0.2, 0.25) is 5.02 Å². The van der Waals surface area contributed by atoms with Crippen LogP contribution in [0.5, 0.6) is 0 Å². The Balaban J connectivity index is 2.06. The number of furan rings is 1. The van der Waals surface area contributed by atoms with Crippen LogP contribution in [-0.2, 0) is 16.0 Å². The molecule has 0 aliphatic heterocycles. The molecule has 3 aromatic rings. The molecule has 0 spiro atoms. The molecule has 0 saturated heterocycles. The Morgan fingerprint density at radius 3 is 2.90 bits per heavy atom. The van der Waals surface area contributed by atoms with E-state index in [1.54, 1.807) is 6.92 Å². The average Bonchev–Trinajstić information content (AvgIpc) is 2.77. The van der Waals surface area contributed by atoms with Gasteiger partial charge in [0.25, 0.3) is 0 Å². The monoisotopic (exact) mass is 288 g/mol. The van der Waals surface area contributed by atoms with Crippen LogP contribution in [0.25, 0.3) is 21.9 Å². The minimum Gasteiger partial charge on any atom is -0.466 e. The zero-order chi connectivity index (χ0) is 14.1. The van der Waals surface area contributed by atoms with E-state index in [2.05, 4.69) is 0 Å². The minimum absolute atomic E-state index is 0.235. The fourth-order valence-corrected chi connectivity index (χ4v) is 2.58. The Bertz CT molecular complexity index is 789. The Hall–Kier alpha value is -2.00. The average molecular weight is 289 g/mol. The van der Waals surface area contributed by atoms with Gasteiger partial charge in [-0.3, -0.25) is 4.79 Å². The van der Waals surface area contributed by atoms with Gasteiger partial charge in [0.15, 0.2) is 0 Å². The summed E-state index contributed by atoms with van der Waals surface area (Å²) in [7, 11) is 0. The number of hydrogen-bond acceptors (Lipinski definition) is 3. The van der Waals surface area contributed by atoms with Crippen LogP contribution in [-0.4, -0.2) is 12.6 Å². The summed E-state index contributed by atoms with van der Waals surface area (Å²) in [5, 5.41) is 2.53. The maximum atomic E-state index is 11.5. The van der Waals surface area contributed by atoms with Crippen molar-refractivity contribution in [3.63, 3.8) is 0 Å².